The highest BCUT2D eigenvalue weighted by Gasteiger charge is 2.23. The van der Waals surface area contributed by atoms with Crippen molar-refractivity contribution in [2.45, 2.75) is 11.8 Å². The van der Waals surface area contributed by atoms with Gasteiger partial charge in [0.15, 0.2) is 0 Å². The molecule has 0 aliphatic carbocycles. The van der Waals surface area contributed by atoms with Crippen LogP contribution in [0.4, 0.5) is 11.5 Å². The lowest BCUT2D eigenvalue weighted by atomic mass is 10.3. The molecule has 1 N–H and O–H groups in total. The molecule has 0 fully saturated rings. The number of pyridine rings is 1. The van der Waals surface area contributed by atoms with E-state index in [1.165, 1.54) is 21.5 Å². The number of carbonyl (C=O) groups is 1. The number of amides is 1. The minimum absolute atomic E-state index is 0.0944. The Morgan fingerprint density at radius 1 is 1.12 bits per heavy atom. The predicted octanol–water partition coefficient (Wildman–Crippen LogP) is 1.80. The number of carbonyl (C=O) groups excluding carboxylic acids is 1. The first kappa shape index (κ1) is 18.7. The van der Waals surface area contributed by atoms with Gasteiger partial charge in [-0.25, -0.2) is 13.4 Å². The van der Waals surface area contributed by atoms with E-state index in [2.05, 4.69) is 10.3 Å². The molecule has 2 aromatic rings. The van der Waals surface area contributed by atoms with Gasteiger partial charge in [-0.1, -0.05) is 18.2 Å². The predicted molar refractivity (Wildman–Crippen MR) is 98.1 cm³/mol. The minimum atomic E-state index is -3.70. The maximum atomic E-state index is 12.8. The van der Waals surface area contributed by atoms with Gasteiger partial charge < -0.3 is 10.2 Å². The molecule has 134 valence electrons. The number of hydrogen-bond donors (Lipinski definition) is 1. The number of benzene rings is 1. The Morgan fingerprint density at radius 3 is 2.32 bits per heavy atom. The van der Waals surface area contributed by atoms with Crippen LogP contribution in [0.2, 0.25) is 0 Å². The van der Waals surface area contributed by atoms with E-state index in [9.17, 15) is 13.2 Å². The normalized spacial score (nSPS) is 11.0. The van der Waals surface area contributed by atoms with Crippen LogP contribution in [0, 0.1) is 0 Å². The molecule has 1 aromatic heterocycles. The minimum Gasteiger partial charge on any atom is -0.361 e. The summed E-state index contributed by atoms with van der Waals surface area (Å²) < 4.78 is 27.0. The lowest BCUT2D eigenvalue weighted by Crippen LogP contribution is -2.31. The zero-order valence-corrected chi connectivity index (χ0v) is 15.3. The van der Waals surface area contributed by atoms with Crippen LogP contribution in [0.3, 0.4) is 0 Å². The van der Waals surface area contributed by atoms with E-state index in [4.69, 9.17) is 0 Å². The molecule has 1 aromatic carbocycles. The molecule has 0 unspecified atom stereocenters. The Bertz CT molecular complexity index is 806. The number of para-hydroxylation sites is 1. The summed E-state index contributed by atoms with van der Waals surface area (Å²) in [6.45, 7) is 2.18. The Morgan fingerprint density at radius 2 is 1.80 bits per heavy atom. The molecule has 0 spiro atoms. The molecule has 0 aliphatic heterocycles. The van der Waals surface area contributed by atoms with Gasteiger partial charge in [0.25, 0.3) is 10.0 Å². The fourth-order valence-electron chi connectivity index (χ4n) is 2.17. The highest BCUT2D eigenvalue weighted by Crippen LogP contribution is 2.23. The van der Waals surface area contributed by atoms with Crippen molar-refractivity contribution >= 4 is 27.4 Å². The molecule has 0 radical (unpaired) electrons. The van der Waals surface area contributed by atoms with E-state index in [-0.39, 0.29) is 17.3 Å². The number of rotatable bonds is 7. The maximum Gasteiger partial charge on any atom is 0.265 e. The van der Waals surface area contributed by atoms with Gasteiger partial charge in [-0.3, -0.25) is 9.10 Å². The molecule has 0 saturated heterocycles. The Balaban J connectivity index is 2.18. The van der Waals surface area contributed by atoms with E-state index in [1.807, 2.05) is 6.07 Å². The van der Waals surface area contributed by atoms with Crippen molar-refractivity contribution in [2.75, 3.05) is 36.8 Å². The van der Waals surface area contributed by atoms with Gasteiger partial charge in [0.05, 0.1) is 12.2 Å². The van der Waals surface area contributed by atoms with Crippen LogP contribution in [0.25, 0.3) is 0 Å². The number of likely N-dealkylation sites (N-methyl/N-ethyl adjacent to an activating group) is 1. The summed E-state index contributed by atoms with van der Waals surface area (Å²) in [5.74, 6) is 0.344. The highest BCUT2D eigenvalue weighted by molar-refractivity contribution is 7.92. The van der Waals surface area contributed by atoms with Crippen LogP contribution >= 0.6 is 0 Å². The van der Waals surface area contributed by atoms with Crippen LogP contribution in [0.15, 0.2) is 53.6 Å². The molecule has 1 amide bonds. The van der Waals surface area contributed by atoms with Crippen LogP contribution < -0.4 is 9.62 Å². The van der Waals surface area contributed by atoms with E-state index in [0.29, 0.717) is 18.1 Å². The zero-order chi connectivity index (χ0) is 18.4. The second kappa shape index (κ2) is 7.98. The molecule has 0 bridgehead atoms. The first-order valence-electron chi connectivity index (χ1n) is 7.84. The van der Waals surface area contributed by atoms with Crippen LogP contribution in [-0.4, -0.2) is 51.4 Å². The topological polar surface area (TPSA) is 82.6 Å². The van der Waals surface area contributed by atoms with Crippen molar-refractivity contribution in [3.05, 3.63) is 48.7 Å². The SMILES string of the molecule is CCN(c1ccccc1)S(=O)(=O)c1ccc(NCC(=O)N(C)C)nc1. The Hall–Kier alpha value is -2.61. The van der Waals surface area contributed by atoms with Crippen molar-refractivity contribution in [3.8, 4) is 0 Å². The smallest absolute Gasteiger partial charge is 0.265 e. The van der Waals surface area contributed by atoms with Crippen molar-refractivity contribution < 1.29 is 13.2 Å². The number of nitrogens with zero attached hydrogens (tertiary/aromatic N) is 3. The van der Waals surface area contributed by atoms with E-state index < -0.39 is 10.0 Å². The summed E-state index contributed by atoms with van der Waals surface area (Å²) >= 11 is 0. The average Bonchev–Trinajstić information content (AvgIpc) is 2.61. The first-order valence-corrected chi connectivity index (χ1v) is 9.28. The Labute approximate surface area is 148 Å². The van der Waals surface area contributed by atoms with Crippen LogP contribution in [0.1, 0.15) is 6.92 Å². The first-order chi connectivity index (χ1) is 11.9. The van der Waals surface area contributed by atoms with Gasteiger partial charge in [0.2, 0.25) is 5.91 Å². The standard InChI is InChI=1S/C17H22N4O3S/c1-4-21(14-8-6-5-7-9-14)25(23,24)15-10-11-16(18-12-15)19-13-17(22)20(2)3/h5-12H,4,13H2,1-3H3,(H,18,19). The quantitative estimate of drug-likeness (QED) is 0.812. The molecule has 25 heavy (non-hydrogen) atoms. The monoisotopic (exact) mass is 362 g/mol. The number of aromatic nitrogens is 1. The summed E-state index contributed by atoms with van der Waals surface area (Å²) in [6, 6.07) is 11.9. The van der Waals surface area contributed by atoms with E-state index >= 15 is 0 Å². The van der Waals surface area contributed by atoms with E-state index in [0.717, 1.165) is 0 Å². The summed E-state index contributed by atoms with van der Waals surface area (Å²) in [6.07, 6.45) is 1.30. The van der Waals surface area contributed by atoms with Gasteiger partial charge in [-0.2, -0.15) is 0 Å². The number of nitrogens with one attached hydrogen (secondary N) is 1. The third-order valence-electron chi connectivity index (χ3n) is 3.58. The summed E-state index contributed by atoms with van der Waals surface area (Å²) in [5, 5.41) is 2.87. The molecule has 8 heteroatoms. The third kappa shape index (κ3) is 4.48. The summed E-state index contributed by atoms with van der Waals surface area (Å²) in [4.78, 5) is 17.2. The molecule has 7 nitrogen and oxygen atoms in total. The highest BCUT2D eigenvalue weighted by atomic mass is 32.2. The molecule has 1 heterocycles. The molecule has 2 rings (SSSR count). The van der Waals surface area contributed by atoms with Crippen molar-refractivity contribution in [3.63, 3.8) is 0 Å². The maximum absolute atomic E-state index is 12.8. The average molecular weight is 362 g/mol. The van der Waals surface area contributed by atoms with Gasteiger partial charge in [0.1, 0.15) is 10.7 Å². The zero-order valence-electron chi connectivity index (χ0n) is 14.5. The second-order valence-electron chi connectivity index (χ2n) is 5.53. The summed E-state index contributed by atoms with van der Waals surface area (Å²) in [7, 11) is -0.372. The second-order valence-corrected chi connectivity index (χ2v) is 7.39. The fourth-order valence-corrected chi connectivity index (χ4v) is 3.59. The molecule has 0 saturated carbocycles. The van der Waals surface area contributed by atoms with E-state index in [1.54, 1.807) is 51.4 Å². The van der Waals surface area contributed by atoms with Gasteiger partial charge in [0, 0.05) is 26.8 Å². The van der Waals surface area contributed by atoms with Crippen molar-refractivity contribution in [2.24, 2.45) is 0 Å². The van der Waals surface area contributed by atoms with Crippen molar-refractivity contribution in [1.82, 2.24) is 9.88 Å². The largest absolute Gasteiger partial charge is 0.361 e. The lowest BCUT2D eigenvalue weighted by Gasteiger charge is -2.22. The molecular weight excluding hydrogens is 340 g/mol. The molecule has 0 atom stereocenters. The van der Waals surface area contributed by atoms with Crippen LogP contribution in [-0.2, 0) is 14.8 Å². The summed E-state index contributed by atoms with van der Waals surface area (Å²) in [5.41, 5.74) is 0.601. The van der Waals surface area contributed by atoms with Gasteiger partial charge in [-0.15, -0.1) is 0 Å². The third-order valence-corrected chi connectivity index (χ3v) is 5.46. The van der Waals surface area contributed by atoms with Gasteiger partial charge >= 0.3 is 0 Å². The van der Waals surface area contributed by atoms with Crippen molar-refractivity contribution in [1.29, 1.82) is 0 Å². The molecular formula is C17H22N4O3S. The number of hydrogen-bond acceptors (Lipinski definition) is 5. The number of sulfonamides is 1. The fraction of sp³-hybridized carbons (Fsp3) is 0.294. The Kier molecular flexibility index (Phi) is 5.97. The van der Waals surface area contributed by atoms with Crippen LogP contribution in [0.5, 0.6) is 0 Å². The lowest BCUT2D eigenvalue weighted by molar-refractivity contribution is -0.126. The number of anilines is 2. The van der Waals surface area contributed by atoms with Gasteiger partial charge in [-0.05, 0) is 31.2 Å². The molecule has 0 aliphatic rings.